The number of likely N-dealkylation sites (N-methyl/N-ethyl adjacent to an activating group) is 1. The number of halogens is 2. The first kappa shape index (κ1) is 16.6. The van der Waals surface area contributed by atoms with E-state index in [-0.39, 0.29) is 5.91 Å². The zero-order chi connectivity index (χ0) is 16.4. The molecule has 5 nitrogen and oxygen atoms in total. The third kappa shape index (κ3) is 4.01. The molecule has 0 unspecified atom stereocenters. The monoisotopic (exact) mass is 396 g/mol. The number of hydrogen-bond donors (Lipinski definition) is 1. The molecule has 0 aliphatic carbocycles. The Bertz CT molecular complexity index is 731. The van der Waals surface area contributed by atoms with Crippen LogP contribution in [0, 0.1) is 0 Å². The lowest BCUT2D eigenvalue weighted by Crippen LogP contribution is -2.47. The van der Waals surface area contributed by atoms with E-state index in [1.165, 1.54) is 0 Å². The second kappa shape index (κ2) is 7.13. The van der Waals surface area contributed by atoms with E-state index in [2.05, 4.69) is 43.1 Å². The summed E-state index contributed by atoms with van der Waals surface area (Å²) in [6.07, 6.45) is 0. The molecule has 23 heavy (non-hydrogen) atoms. The summed E-state index contributed by atoms with van der Waals surface area (Å²) >= 11 is 9.68. The number of aromatic nitrogens is 1. The van der Waals surface area contributed by atoms with Gasteiger partial charge in [-0.1, -0.05) is 27.5 Å². The molecule has 0 bridgehead atoms. The Morgan fingerprint density at radius 2 is 2.00 bits per heavy atom. The summed E-state index contributed by atoms with van der Waals surface area (Å²) in [5.41, 5.74) is 0.679. The summed E-state index contributed by atoms with van der Waals surface area (Å²) in [5, 5.41) is 4.35. The van der Waals surface area contributed by atoms with Gasteiger partial charge in [-0.3, -0.25) is 9.69 Å². The van der Waals surface area contributed by atoms with E-state index in [4.69, 9.17) is 11.6 Å². The van der Waals surface area contributed by atoms with E-state index in [0.717, 1.165) is 36.0 Å². The van der Waals surface area contributed by atoms with Crippen LogP contribution in [0.2, 0.25) is 5.02 Å². The van der Waals surface area contributed by atoms with Crippen LogP contribution in [0.3, 0.4) is 0 Å². The molecule has 1 N–H and O–H groups in total. The number of fused-ring (bicyclic) bond motifs is 1. The molecule has 0 saturated carbocycles. The van der Waals surface area contributed by atoms with E-state index >= 15 is 0 Å². The maximum absolute atomic E-state index is 12.2. The third-order valence-corrected chi connectivity index (χ3v) is 4.98. The first-order chi connectivity index (χ1) is 11.0. The minimum absolute atomic E-state index is 0.0486. The number of nitrogens with zero attached hydrogens (tertiary/aromatic N) is 3. The van der Waals surface area contributed by atoms with Crippen molar-refractivity contribution in [2.24, 2.45) is 0 Å². The van der Waals surface area contributed by atoms with Crippen LogP contribution in [0.4, 0.5) is 5.82 Å². The number of anilines is 1. The Morgan fingerprint density at radius 3 is 2.74 bits per heavy atom. The minimum Gasteiger partial charge on any atom is -0.310 e. The molecule has 1 aromatic heterocycles. The van der Waals surface area contributed by atoms with E-state index in [1.54, 1.807) is 12.1 Å². The molecule has 0 atom stereocenters. The molecule has 1 saturated heterocycles. The molecule has 7 heteroatoms. The van der Waals surface area contributed by atoms with E-state index in [1.807, 2.05) is 12.1 Å². The van der Waals surface area contributed by atoms with Gasteiger partial charge in [-0.2, -0.15) is 0 Å². The molecule has 1 aliphatic heterocycles. The van der Waals surface area contributed by atoms with Crippen molar-refractivity contribution in [1.29, 1.82) is 0 Å². The van der Waals surface area contributed by atoms with Crippen molar-refractivity contribution in [2.45, 2.75) is 0 Å². The van der Waals surface area contributed by atoms with Crippen LogP contribution in [0.1, 0.15) is 0 Å². The van der Waals surface area contributed by atoms with Crippen molar-refractivity contribution >= 4 is 50.2 Å². The van der Waals surface area contributed by atoms with Crippen molar-refractivity contribution < 1.29 is 4.79 Å². The predicted octanol–water partition coefficient (Wildman–Crippen LogP) is 2.84. The summed E-state index contributed by atoms with van der Waals surface area (Å²) in [7, 11) is 2.10. The van der Waals surface area contributed by atoms with Gasteiger partial charge in [0.2, 0.25) is 5.91 Å². The third-order valence-electron chi connectivity index (χ3n) is 3.99. The molecule has 1 fully saturated rings. The Balaban J connectivity index is 1.69. The van der Waals surface area contributed by atoms with Crippen molar-refractivity contribution in [3.8, 4) is 0 Å². The van der Waals surface area contributed by atoms with Crippen LogP contribution in [0.5, 0.6) is 0 Å². The van der Waals surface area contributed by atoms with E-state index < -0.39 is 0 Å². The number of carbonyl (C=O) groups excluding carboxylic acids is 1. The van der Waals surface area contributed by atoms with Crippen molar-refractivity contribution in [1.82, 2.24) is 14.8 Å². The highest BCUT2D eigenvalue weighted by Gasteiger charge is 2.17. The second-order valence-corrected chi connectivity index (χ2v) is 7.01. The lowest BCUT2D eigenvalue weighted by atomic mass is 10.2. The predicted molar refractivity (Wildman–Crippen MR) is 97.0 cm³/mol. The van der Waals surface area contributed by atoms with Crippen molar-refractivity contribution in [2.75, 3.05) is 45.1 Å². The number of amides is 1. The normalized spacial score (nSPS) is 16.7. The molecule has 2 aromatic rings. The number of hydrogen-bond acceptors (Lipinski definition) is 4. The fourth-order valence-corrected chi connectivity index (χ4v) is 3.27. The van der Waals surface area contributed by atoms with Gasteiger partial charge in [-0.15, -0.1) is 0 Å². The van der Waals surface area contributed by atoms with Crippen LogP contribution in [-0.4, -0.2) is 60.5 Å². The highest BCUT2D eigenvalue weighted by atomic mass is 79.9. The number of rotatable bonds is 3. The van der Waals surface area contributed by atoms with Gasteiger partial charge in [0.1, 0.15) is 5.82 Å². The van der Waals surface area contributed by atoms with Gasteiger partial charge >= 0.3 is 0 Å². The summed E-state index contributed by atoms with van der Waals surface area (Å²) in [6, 6.07) is 7.38. The van der Waals surface area contributed by atoms with E-state index in [0.29, 0.717) is 22.9 Å². The molecule has 0 radical (unpaired) electrons. The molecule has 1 amide bonds. The largest absolute Gasteiger partial charge is 0.310 e. The standard InChI is InChI=1S/C16H18BrClN4O/c1-21-6-8-22(9-7-21)10-15(23)19-14-5-2-11-12(17)3-4-13(18)16(11)20-14/h2-5H,6-10H2,1H3,(H,19,20,23). The Kier molecular flexibility index (Phi) is 5.16. The van der Waals surface area contributed by atoms with Crippen LogP contribution in [-0.2, 0) is 4.79 Å². The van der Waals surface area contributed by atoms with Gasteiger partial charge in [0, 0.05) is 36.0 Å². The van der Waals surface area contributed by atoms with Gasteiger partial charge in [-0.25, -0.2) is 4.98 Å². The number of pyridine rings is 1. The van der Waals surface area contributed by atoms with Gasteiger partial charge in [-0.05, 0) is 31.3 Å². The molecular formula is C16H18BrClN4O. The Labute approximate surface area is 148 Å². The second-order valence-electron chi connectivity index (χ2n) is 5.75. The zero-order valence-corrected chi connectivity index (χ0v) is 15.2. The molecule has 1 aromatic carbocycles. The fourth-order valence-electron chi connectivity index (χ4n) is 2.61. The molecule has 2 heterocycles. The average molecular weight is 398 g/mol. The molecule has 0 spiro atoms. The van der Waals surface area contributed by atoms with Gasteiger partial charge < -0.3 is 10.2 Å². The molecule has 3 rings (SSSR count). The number of carbonyl (C=O) groups is 1. The molecule has 122 valence electrons. The van der Waals surface area contributed by atoms with Crippen molar-refractivity contribution in [3.05, 3.63) is 33.8 Å². The van der Waals surface area contributed by atoms with Crippen LogP contribution in [0.25, 0.3) is 10.9 Å². The number of piperazine rings is 1. The maximum atomic E-state index is 12.2. The first-order valence-corrected chi connectivity index (χ1v) is 8.65. The average Bonchev–Trinajstić information content (AvgIpc) is 2.53. The zero-order valence-electron chi connectivity index (χ0n) is 12.9. The summed E-state index contributed by atoms with van der Waals surface area (Å²) in [5.74, 6) is 0.476. The lowest BCUT2D eigenvalue weighted by molar-refractivity contribution is -0.117. The van der Waals surface area contributed by atoms with Gasteiger partial charge in [0.15, 0.2) is 0 Å². The smallest absolute Gasteiger partial charge is 0.239 e. The quantitative estimate of drug-likeness (QED) is 0.865. The summed E-state index contributed by atoms with van der Waals surface area (Å²) in [6.45, 7) is 4.19. The topological polar surface area (TPSA) is 48.5 Å². The van der Waals surface area contributed by atoms with Crippen LogP contribution in [0.15, 0.2) is 28.7 Å². The van der Waals surface area contributed by atoms with Gasteiger partial charge in [0.25, 0.3) is 0 Å². The minimum atomic E-state index is -0.0486. The Morgan fingerprint density at radius 1 is 1.26 bits per heavy atom. The fraction of sp³-hybridized carbons (Fsp3) is 0.375. The summed E-state index contributed by atoms with van der Waals surface area (Å²) in [4.78, 5) is 21.1. The van der Waals surface area contributed by atoms with Crippen LogP contribution < -0.4 is 5.32 Å². The highest BCUT2D eigenvalue weighted by molar-refractivity contribution is 9.10. The molecule has 1 aliphatic rings. The highest BCUT2D eigenvalue weighted by Crippen LogP contribution is 2.29. The lowest BCUT2D eigenvalue weighted by Gasteiger charge is -2.31. The first-order valence-electron chi connectivity index (χ1n) is 7.48. The number of nitrogens with one attached hydrogen (secondary N) is 1. The van der Waals surface area contributed by atoms with Crippen molar-refractivity contribution in [3.63, 3.8) is 0 Å². The SMILES string of the molecule is CN1CCN(CC(=O)Nc2ccc3c(Br)ccc(Cl)c3n2)CC1. The van der Waals surface area contributed by atoms with Crippen LogP contribution >= 0.6 is 27.5 Å². The maximum Gasteiger partial charge on any atom is 0.239 e. The van der Waals surface area contributed by atoms with E-state index in [9.17, 15) is 4.79 Å². The Hall–Kier alpha value is -1.21. The van der Waals surface area contributed by atoms with Gasteiger partial charge in [0.05, 0.1) is 17.1 Å². The summed E-state index contributed by atoms with van der Waals surface area (Å²) < 4.78 is 0.930. The molecular weight excluding hydrogens is 380 g/mol. The number of benzene rings is 1.